The Balaban J connectivity index is 1.70. The number of hydrogen-bond acceptors (Lipinski definition) is 8. The number of anilines is 1. The highest BCUT2D eigenvalue weighted by molar-refractivity contribution is 5.90. The van der Waals surface area contributed by atoms with Gasteiger partial charge in [0.25, 0.3) is 0 Å². The number of aryl methyl sites for hydroxylation is 2. The molecule has 0 amide bonds. The standard InChI is InChI=1S/C25H20N8O2/c1-15-5-4-10-28-19(15)14-35-25-30-23-21(18-8-9-20(34)32(2)13-18)22(29-24(27)33(23)31-25)17-7-3-6-16(11-17)12-26/h3-11,13H,14H2,1-2H3,(H2,27,29). The molecule has 0 bridgehead atoms. The minimum Gasteiger partial charge on any atom is -0.456 e. The molecule has 4 heterocycles. The highest BCUT2D eigenvalue weighted by Gasteiger charge is 2.21. The van der Waals surface area contributed by atoms with Gasteiger partial charge in [-0.25, -0.2) is 4.98 Å². The van der Waals surface area contributed by atoms with Gasteiger partial charge in [-0.05, 0) is 36.8 Å². The molecule has 2 N–H and O–H groups in total. The summed E-state index contributed by atoms with van der Waals surface area (Å²) in [5, 5.41) is 13.8. The van der Waals surface area contributed by atoms with Crippen LogP contribution in [-0.4, -0.2) is 29.1 Å². The van der Waals surface area contributed by atoms with Crippen molar-refractivity contribution in [1.29, 1.82) is 5.26 Å². The van der Waals surface area contributed by atoms with Crippen LogP contribution in [0.3, 0.4) is 0 Å². The van der Waals surface area contributed by atoms with E-state index in [1.807, 2.05) is 25.1 Å². The lowest BCUT2D eigenvalue weighted by Gasteiger charge is -2.12. The van der Waals surface area contributed by atoms with E-state index in [9.17, 15) is 10.1 Å². The Hall–Kier alpha value is -5.04. The van der Waals surface area contributed by atoms with E-state index in [2.05, 4.69) is 26.1 Å². The summed E-state index contributed by atoms with van der Waals surface area (Å²) in [6.45, 7) is 2.13. The Kier molecular flexibility index (Phi) is 5.43. The van der Waals surface area contributed by atoms with Crippen LogP contribution in [0.25, 0.3) is 28.0 Å². The molecule has 0 aliphatic rings. The van der Waals surface area contributed by atoms with E-state index in [1.165, 1.54) is 15.1 Å². The Morgan fingerprint density at radius 2 is 1.97 bits per heavy atom. The number of pyridine rings is 2. The topological polar surface area (TPSA) is 137 Å². The van der Waals surface area contributed by atoms with Crippen molar-refractivity contribution in [3.05, 3.63) is 88.1 Å². The molecule has 5 aromatic rings. The molecular weight excluding hydrogens is 444 g/mol. The van der Waals surface area contributed by atoms with Gasteiger partial charge in [-0.15, -0.1) is 5.10 Å². The van der Waals surface area contributed by atoms with Gasteiger partial charge in [0.05, 0.1) is 28.6 Å². The van der Waals surface area contributed by atoms with Crippen LogP contribution in [0, 0.1) is 18.3 Å². The first-order valence-electron chi connectivity index (χ1n) is 10.7. The summed E-state index contributed by atoms with van der Waals surface area (Å²) in [7, 11) is 1.66. The van der Waals surface area contributed by atoms with Crippen molar-refractivity contribution in [2.24, 2.45) is 7.05 Å². The Labute approximate surface area is 199 Å². The number of rotatable bonds is 5. The second-order valence-electron chi connectivity index (χ2n) is 7.94. The fraction of sp³-hybridized carbons (Fsp3) is 0.120. The number of nitrogens with two attached hydrogens (primary N) is 1. The van der Waals surface area contributed by atoms with E-state index in [0.29, 0.717) is 33.6 Å². The maximum absolute atomic E-state index is 12.0. The zero-order valence-electron chi connectivity index (χ0n) is 19.0. The lowest BCUT2D eigenvalue weighted by atomic mass is 10.00. The lowest BCUT2D eigenvalue weighted by molar-refractivity contribution is 0.276. The second kappa shape index (κ2) is 8.72. The van der Waals surface area contributed by atoms with Crippen LogP contribution in [0.5, 0.6) is 6.01 Å². The normalized spacial score (nSPS) is 10.9. The van der Waals surface area contributed by atoms with Crippen molar-refractivity contribution in [3.63, 3.8) is 0 Å². The molecule has 0 aliphatic carbocycles. The molecule has 0 aliphatic heterocycles. The molecule has 0 atom stereocenters. The summed E-state index contributed by atoms with van der Waals surface area (Å²) in [5.41, 5.74) is 11.2. The summed E-state index contributed by atoms with van der Waals surface area (Å²) in [6.07, 6.45) is 3.39. The van der Waals surface area contributed by atoms with Crippen molar-refractivity contribution < 1.29 is 4.74 Å². The summed E-state index contributed by atoms with van der Waals surface area (Å²) in [6, 6.07) is 16.3. The van der Waals surface area contributed by atoms with Crippen molar-refractivity contribution >= 4 is 11.6 Å². The molecule has 0 unspecified atom stereocenters. The van der Waals surface area contributed by atoms with Gasteiger partial charge in [0.2, 0.25) is 11.5 Å². The molecular formula is C25H20N8O2. The van der Waals surface area contributed by atoms with Crippen molar-refractivity contribution in [3.8, 4) is 34.5 Å². The second-order valence-corrected chi connectivity index (χ2v) is 7.94. The molecule has 35 heavy (non-hydrogen) atoms. The number of ether oxygens (including phenoxy) is 1. The van der Waals surface area contributed by atoms with Gasteiger partial charge in [0.1, 0.15) is 6.61 Å². The van der Waals surface area contributed by atoms with Gasteiger partial charge in [-0.3, -0.25) is 9.78 Å². The molecule has 10 heteroatoms. The number of fused-ring (bicyclic) bond motifs is 1. The van der Waals surface area contributed by atoms with Crippen LogP contribution >= 0.6 is 0 Å². The molecule has 10 nitrogen and oxygen atoms in total. The van der Waals surface area contributed by atoms with E-state index in [0.717, 1.165) is 11.3 Å². The van der Waals surface area contributed by atoms with Crippen molar-refractivity contribution in [2.75, 3.05) is 5.73 Å². The minimum atomic E-state index is -0.155. The van der Waals surface area contributed by atoms with Crippen LogP contribution in [0.4, 0.5) is 5.95 Å². The van der Waals surface area contributed by atoms with E-state index in [4.69, 9.17) is 10.5 Å². The Morgan fingerprint density at radius 3 is 2.74 bits per heavy atom. The number of nitrogen functional groups attached to an aromatic ring is 1. The summed E-state index contributed by atoms with van der Waals surface area (Å²) in [4.78, 5) is 25.6. The van der Waals surface area contributed by atoms with Gasteiger partial charge in [-0.2, -0.15) is 14.8 Å². The first-order chi connectivity index (χ1) is 16.9. The molecule has 5 rings (SSSR count). The number of benzene rings is 1. The van der Waals surface area contributed by atoms with Crippen molar-refractivity contribution in [2.45, 2.75) is 13.5 Å². The molecule has 0 saturated carbocycles. The average Bonchev–Trinajstić information content (AvgIpc) is 3.30. The average molecular weight is 464 g/mol. The number of nitriles is 1. The maximum atomic E-state index is 12.0. The molecule has 1 aromatic carbocycles. The molecule has 0 fully saturated rings. The third kappa shape index (κ3) is 4.06. The van der Waals surface area contributed by atoms with Gasteiger partial charge in [0.15, 0.2) is 5.65 Å². The molecule has 0 saturated heterocycles. The zero-order chi connectivity index (χ0) is 24.5. The summed E-state index contributed by atoms with van der Waals surface area (Å²) in [5.74, 6) is 0.0993. The highest BCUT2D eigenvalue weighted by atomic mass is 16.5. The third-order valence-corrected chi connectivity index (χ3v) is 5.59. The van der Waals surface area contributed by atoms with E-state index in [-0.39, 0.29) is 24.1 Å². The van der Waals surface area contributed by atoms with Crippen LogP contribution in [0.15, 0.2) is 65.7 Å². The van der Waals surface area contributed by atoms with Crippen LogP contribution in [0.2, 0.25) is 0 Å². The first-order valence-corrected chi connectivity index (χ1v) is 10.7. The van der Waals surface area contributed by atoms with E-state index in [1.54, 1.807) is 43.7 Å². The van der Waals surface area contributed by atoms with Gasteiger partial charge < -0.3 is 15.0 Å². The van der Waals surface area contributed by atoms with Gasteiger partial charge in [-0.1, -0.05) is 18.2 Å². The predicted octanol–water partition coefficient (Wildman–Crippen LogP) is 2.89. The monoisotopic (exact) mass is 464 g/mol. The fourth-order valence-electron chi connectivity index (χ4n) is 3.75. The summed E-state index contributed by atoms with van der Waals surface area (Å²) < 4.78 is 8.71. The quantitative estimate of drug-likeness (QED) is 0.419. The largest absolute Gasteiger partial charge is 0.456 e. The van der Waals surface area contributed by atoms with Crippen molar-refractivity contribution in [1.82, 2.24) is 29.1 Å². The highest BCUT2D eigenvalue weighted by Crippen LogP contribution is 2.35. The molecule has 0 radical (unpaired) electrons. The molecule has 0 spiro atoms. The number of nitrogens with zero attached hydrogens (tertiary/aromatic N) is 7. The zero-order valence-corrected chi connectivity index (χ0v) is 19.0. The van der Waals surface area contributed by atoms with Gasteiger partial charge >= 0.3 is 6.01 Å². The number of aromatic nitrogens is 6. The Morgan fingerprint density at radius 1 is 1.11 bits per heavy atom. The SMILES string of the molecule is Cc1cccnc1COc1nc2c(-c3ccc(=O)n(C)c3)c(-c3cccc(C#N)c3)nc(N)n2n1. The molecule has 4 aromatic heterocycles. The third-order valence-electron chi connectivity index (χ3n) is 5.59. The van der Waals surface area contributed by atoms with Gasteiger partial charge in [0, 0.05) is 36.6 Å². The predicted molar refractivity (Wildman–Crippen MR) is 129 cm³/mol. The van der Waals surface area contributed by atoms with Crippen LogP contribution in [0.1, 0.15) is 16.8 Å². The maximum Gasteiger partial charge on any atom is 0.336 e. The number of hydrogen-bond donors (Lipinski definition) is 1. The first kappa shape index (κ1) is 21.8. The fourth-order valence-corrected chi connectivity index (χ4v) is 3.75. The minimum absolute atomic E-state index is 0.0993. The van der Waals surface area contributed by atoms with E-state index < -0.39 is 0 Å². The van der Waals surface area contributed by atoms with Crippen LogP contribution < -0.4 is 16.0 Å². The Bertz CT molecular complexity index is 1680. The van der Waals surface area contributed by atoms with E-state index >= 15 is 0 Å². The van der Waals surface area contributed by atoms with Crippen LogP contribution in [-0.2, 0) is 13.7 Å². The smallest absolute Gasteiger partial charge is 0.336 e. The molecule has 172 valence electrons. The summed E-state index contributed by atoms with van der Waals surface area (Å²) >= 11 is 0. The lowest BCUT2D eigenvalue weighted by Crippen LogP contribution is -2.14.